The van der Waals surface area contributed by atoms with Gasteiger partial charge in [0.05, 0.1) is 39.4 Å². The average molecular weight is 410 g/mol. The number of benzene rings is 1. The van der Waals surface area contributed by atoms with Gasteiger partial charge in [-0.2, -0.15) is 5.10 Å². The Kier molecular flexibility index (Phi) is 4.93. The Balaban J connectivity index is 1.58. The van der Waals surface area contributed by atoms with Crippen molar-refractivity contribution in [1.29, 1.82) is 0 Å². The molecule has 0 atom stereocenters. The third-order valence-corrected chi connectivity index (χ3v) is 5.55. The van der Waals surface area contributed by atoms with Crippen LogP contribution in [0.15, 0.2) is 54.9 Å². The number of anilines is 1. The third-order valence-electron chi connectivity index (χ3n) is 4.22. The maximum absolute atomic E-state index is 12.8. The molecule has 140 valence electrons. The van der Waals surface area contributed by atoms with E-state index < -0.39 is 0 Å². The number of nitrogens with zero attached hydrogens (tertiary/aromatic N) is 4. The second-order valence-corrected chi connectivity index (χ2v) is 7.57. The predicted octanol–water partition coefficient (Wildman–Crippen LogP) is 4.91. The van der Waals surface area contributed by atoms with E-state index in [0.717, 1.165) is 27.6 Å². The summed E-state index contributed by atoms with van der Waals surface area (Å²) in [7, 11) is 0. The Morgan fingerprint density at radius 2 is 2.04 bits per heavy atom. The van der Waals surface area contributed by atoms with Crippen LogP contribution in [0.3, 0.4) is 0 Å². The van der Waals surface area contributed by atoms with Gasteiger partial charge < -0.3 is 0 Å². The maximum Gasteiger partial charge on any atom is 0.260 e. The molecule has 28 heavy (non-hydrogen) atoms. The molecule has 3 heterocycles. The Morgan fingerprint density at radius 1 is 1.18 bits per heavy atom. The topological polar surface area (TPSA) is 72.7 Å². The Hall–Kier alpha value is -3.03. The quantitative estimate of drug-likeness (QED) is 0.519. The van der Waals surface area contributed by atoms with Crippen LogP contribution in [-0.4, -0.2) is 25.7 Å². The van der Waals surface area contributed by atoms with Crippen LogP contribution in [0.1, 0.15) is 21.7 Å². The number of carbonyl (C=O) groups excluding carboxylic acids is 1. The van der Waals surface area contributed by atoms with E-state index >= 15 is 0 Å². The lowest BCUT2D eigenvalue weighted by Gasteiger charge is -2.06. The van der Waals surface area contributed by atoms with Gasteiger partial charge in [0, 0.05) is 11.2 Å². The number of hydrogen-bond acceptors (Lipinski definition) is 5. The van der Waals surface area contributed by atoms with Gasteiger partial charge in [0.2, 0.25) is 0 Å². The Morgan fingerprint density at radius 3 is 2.79 bits per heavy atom. The van der Waals surface area contributed by atoms with Crippen molar-refractivity contribution >= 4 is 34.0 Å². The lowest BCUT2D eigenvalue weighted by molar-refractivity contribution is 0.102. The molecule has 0 bridgehead atoms. The van der Waals surface area contributed by atoms with Crippen LogP contribution in [0.5, 0.6) is 0 Å². The minimum absolute atomic E-state index is 0.257. The van der Waals surface area contributed by atoms with Crippen LogP contribution in [0.2, 0.25) is 5.02 Å². The maximum atomic E-state index is 12.8. The fourth-order valence-corrected chi connectivity index (χ4v) is 3.97. The van der Waals surface area contributed by atoms with E-state index in [1.54, 1.807) is 29.2 Å². The van der Waals surface area contributed by atoms with Crippen LogP contribution in [0, 0.1) is 13.8 Å². The number of pyridine rings is 1. The number of thiazole rings is 1. The number of rotatable bonds is 4. The molecule has 0 unspecified atom stereocenters. The van der Waals surface area contributed by atoms with Gasteiger partial charge in [-0.1, -0.05) is 35.1 Å². The summed E-state index contributed by atoms with van der Waals surface area (Å²) in [5, 5.41) is 8.33. The van der Waals surface area contributed by atoms with Gasteiger partial charge in [0.1, 0.15) is 0 Å². The highest BCUT2D eigenvalue weighted by molar-refractivity contribution is 7.19. The summed E-state index contributed by atoms with van der Waals surface area (Å²) in [5.41, 5.74) is 3.66. The van der Waals surface area contributed by atoms with E-state index in [2.05, 4.69) is 20.4 Å². The number of carbonyl (C=O) groups is 1. The van der Waals surface area contributed by atoms with Gasteiger partial charge in [-0.25, -0.2) is 9.67 Å². The molecule has 1 aromatic carbocycles. The summed E-state index contributed by atoms with van der Waals surface area (Å²) in [6.07, 6.45) is 3.28. The summed E-state index contributed by atoms with van der Waals surface area (Å²) in [6, 6.07) is 13.0. The summed E-state index contributed by atoms with van der Waals surface area (Å²) in [6.45, 7) is 3.74. The van der Waals surface area contributed by atoms with Crippen LogP contribution < -0.4 is 5.32 Å². The molecule has 0 aliphatic rings. The van der Waals surface area contributed by atoms with Crippen LogP contribution in [0.25, 0.3) is 16.3 Å². The molecule has 4 rings (SSSR count). The van der Waals surface area contributed by atoms with Crippen molar-refractivity contribution in [3.63, 3.8) is 0 Å². The first-order chi connectivity index (χ1) is 13.5. The second kappa shape index (κ2) is 7.53. The van der Waals surface area contributed by atoms with E-state index in [1.165, 1.54) is 11.3 Å². The molecule has 0 radical (unpaired) electrons. The van der Waals surface area contributed by atoms with Crippen molar-refractivity contribution in [3.05, 3.63) is 76.8 Å². The molecule has 0 aliphatic carbocycles. The molecule has 0 saturated heterocycles. The predicted molar refractivity (Wildman–Crippen MR) is 111 cm³/mol. The third kappa shape index (κ3) is 3.54. The molecule has 4 aromatic rings. The van der Waals surface area contributed by atoms with Gasteiger partial charge in [-0.3, -0.25) is 15.1 Å². The molecule has 0 spiro atoms. The zero-order valence-corrected chi connectivity index (χ0v) is 16.8. The van der Waals surface area contributed by atoms with Crippen molar-refractivity contribution < 1.29 is 4.79 Å². The highest BCUT2D eigenvalue weighted by Gasteiger charge is 2.18. The van der Waals surface area contributed by atoms with Crippen molar-refractivity contribution in [2.24, 2.45) is 0 Å². The van der Waals surface area contributed by atoms with Gasteiger partial charge >= 0.3 is 0 Å². The summed E-state index contributed by atoms with van der Waals surface area (Å²) >= 11 is 7.46. The number of nitrogens with one attached hydrogen (secondary N) is 1. The normalized spacial score (nSPS) is 10.8. The number of aryl methyl sites for hydroxylation is 1. The van der Waals surface area contributed by atoms with E-state index in [9.17, 15) is 4.79 Å². The van der Waals surface area contributed by atoms with E-state index in [4.69, 9.17) is 11.6 Å². The van der Waals surface area contributed by atoms with Gasteiger partial charge in [-0.15, -0.1) is 0 Å². The first-order valence-corrected chi connectivity index (χ1v) is 9.73. The van der Waals surface area contributed by atoms with Crippen molar-refractivity contribution in [1.82, 2.24) is 19.7 Å². The largest absolute Gasteiger partial charge is 0.298 e. The van der Waals surface area contributed by atoms with E-state index in [1.807, 2.05) is 44.2 Å². The molecule has 1 amide bonds. The lowest BCUT2D eigenvalue weighted by atomic mass is 10.2. The van der Waals surface area contributed by atoms with E-state index in [-0.39, 0.29) is 5.91 Å². The minimum atomic E-state index is -0.257. The van der Waals surface area contributed by atoms with Gasteiger partial charge in [-0.05, 0) is 44.2 Å². The smallest absolute Gasteiger partial charge is 0.260 e. The van der Waals surface area contributed by atoms with Crippen molar-refractivity contribution in [2.45, 2.75) is 13.8 Å². The molecular weight excluding hydrogens is 394 g/mol. The molecule has 3 aromatic heterocycles. The molecule has 1 N–H and O–H groups in total. The van der Waals surface area contributed by atoms with Crippen LogP contribution >= 0.6 is 22.9 Å². The lowest BCUT2D eigenvalue weighted by Crippen LogP contribution is -2.13. The highest BCUT2D eigenvalue weighted by atomic mass is 35.5. The number of hydrogen-bond donors (Lipinski definition) is 1. The van der Waals surface area contributed by atoms with Crippen molar-refractivity contribution in [3.8, 4) is 16.3 Å². The number of amides is 1. The van der Waals surface area contributed by atoms with E-state index in [0.29, 0.717) is 15.7 Å². The zero-order chi connectivity index (χ0) is 19.7. The zero-order valence-electron chi connectivity index (χ0n) is 15.2. The van der Waals surface area contributed by atoms with Gasteiger partial charge in [0.15, 0.2) is 5.13 Å². The van der Waals surface area contributed by atoms with Gasteiger partial charge in [0.25, 0.3) is 5.91 Å². The SMILES string of the molecule is Cc1nc(NC(=O)c2cnn(-c3cccc(Cl)c3)c2C)sc1-c1ccccn1. The second-order valence-electron chi connectivity index (χ2n) is 6.14. The summed E-state index contributed by atoms with van der Waals surface area (Å²) in [5.74, 6) is -0.257. The fraction of sp³-hybridized carbons (Fsp3) is 0.100. The Bertz CT molecular complexity index is 1150. The minimum Gasteiger partial charge on any atom is -0.298 e. The molecule has 6 nitrogen and oxygen atoms in total. The van der Waals surface area contributed by atoms with Crippen LogP contribution in [0.4, 0.5) is 5.13 Å². The standard InChI is InChI=1S/C20H16ClN5OS/c1-12-18(17-8-3-4-9-22-17)28-20(24-12)25-19(27)16-11-23-26(13(16)2)15-7-5-6-14(21)10-15/h3-11H,1-2H3,(H,24,25,27). The highest BCUT2D eigenvalue weighted by Crippen LogP contribution is 2.31. The first-order valence-electron chi connectivity index (χ1n) is 8.53. The molecule has 0 fully saturated rings. The first kappa shape index (κ1) is 18.3. The van der Waals surface area contributed by atoms with Crippen molar-refractivity contribution in [2.75, 3.05) is 5.32 Å². The fourth-order valence-electron chi connectivity index (χ4n) is 2.85. The number of aromatic nitrogens is 4. The van der Waals surface area contributed by atoms with Crippen LogP contribution in [-0.2, 0) is 0 Å². The monoisotopic (exact) mass is 409 g/mol. The summed E-state index contributed by atoms with van der Waals surface area (Å²) < 4.78 is 1.69. The average Bonchev–Trinajstić information content (AvgIpc) is 3.25. The molecule has 8 heteroatoms. The molecule has 0 saturated carbocycles. The number of halogens is 1. The molecule has 0 aliphatic heterocycles. The molecular formula is C20H16ClN5OS. The Labute approximate surface area is 170 Å². The summed E-state index contributed by atoms with van der Waals surface area (Å²) in [4.78, 5) is 22.5.